The van der Waals surface area contributed by atoms with E-state index in [9.17, 15) is 9.59 Å². The Hall–Kier alpha value is -2.04. The maximum Gasteiger partial charge on any atom is 0.415 e. The normalized spacial score (nSPS) is 18.1. The average molecular weight is 262 g/mol. The van der Waals surface area contributed by atoms with Crippen molar-refractivity contribution in [2.24, 2.45) is 5.73 Å². The molecule has 5 heteroatoms. The van der Waals surface area contributed by atoms with E-state index in [4.69, 9.17) is 10.5 Å². The van der Waals surface area contributed by atoms with Crippen molar-refractivity contribution in [1.82, 2.24) is 0 Å². The zero-order chi connectivity index (χ0) is 14.2. The molecule has 0 fully saturated rings. The van der Waals surface area contributed by atoms with E-state index in [1.165, 1.54) is 4.90 Å². The van der Waals surface area contributed by atoms with Crippen molar-refractivity contribution in [3.8, 4) is 0 Å². The molecule has 2 amide bonds. The third-order valence-electron chi connectivity index (χ3n) is 2.89. The smallest absolute Gasteiger partial charge is 0.415 e. The van der Waals surface area contributed by atoms with Crippen LogP contribution in [0.5, 0.6) is 0 Å². The second kappa shape index (κ2) is 4.57. The van der Waals surface area contributed by atoms with Crippen molar-refractivity contribution in [1.29, 1.82) is 0 Å². The number of carbonyl (C=O) groups is 2. The lowest BCUT2D eigenvalue weighted by Gasteiger charge is -2.27. The number of carbonyl (C=O) groups excluding carboxylic acids is 2. The summed E-state index contributed by atoms with van der Waals surface area (Å²) >= 11 is 0. The largest absolute Gasteiger partial charge is 0.443 e. The highest BCUT2D eigenvalue weighted by atomic mass is 16.6. The van der Waals surface area contributed by atoms with Crippen molar-refractivity contribution in [3.05, 3.63) is 29.8 Å². The maximum atomic E-state index is 12.2. The summed E-state index contributed by atoms with van der Waals surface area (Å²) in [5, 5.41) is 0. The molecule has 0 spiro atoms. The van der Waals surface area contributed by atoms with Gasteiger partial charge in [-0.3, -0.25) is 9.69 Å². The number of para-hydroxylation sites is 1. The number of hydrogen-bond donors (Lipinski definition) is 1. The number of ether oxygens (including phenoxy) is 1. The Morgan fingerprint density at radius 1 is 1.32 bits per heavy atom. The molecule has 0 saturated heterocycles. The van der Waals surface area contributed by atoms with Gasteiger partial charge in [0.15, 0.2) is 0 Å². The fourth-order valence-electron chi connectivity index (χ4n) is 2.15. The van der Waals surface area contributed by atoms with Crippen LogP contribution in [0.2, 0.25) is 0 Å². The SMILES string of the molecule is CC(C)(C)OC(=O)N1c2ccccc2CC1C(N)=O. The minimum absolute atomic E-state index is 0.435. The average Bonchev–Trinajstić information content (AvgIpc) is 2.65. The number of hydrogen-bond acceptors (Lipinski definition) is 3. The van der Waals surface area contributed by atoms with Crippen molar-refractivity contribution >= 4 is 17.7 Å². The highest BCUT2D eigenvalue weighted by Crippen LogP contribution is 2.33. The van der Waals surface area contributed by atoms with Crippen molar-refractivity contribution in [3.63, 3.8) is 0 Å². The molecule has 19 heavy (non-hydrogen) atoms. The Kier molecular flexibility index (Phi) is 3.22. The van der Waals surface area contributed by atoms with Crippen LogP contribution >= 0.6 is 0 Å². The van der Waals surface area contributed by atoms with E-state index in [0.29, 0.717) is 12.1 Å². The van der Waals surface area contributed by atoms with Crippen molar-refractivity contribution < 1.29 is 14.3 Å². The fourth-order valence-corrected chi connectivity index (χ4v) is 2.15. The van der Waals surface area contributed by atoms with Gasteiger partial charge < -0.3 is 10.5 Å². The lowest BCUT2D eigenvalue weighted by Crippen LogP contribution is -2.47. The standard InChI is InChI=1S/C14H18N2O3/c1-14(2,3)19-13(18)16-10-7-5-4-6-9(10)8-11(16)12(15)17/h4-7,11H,8H2,1-3H3,(H2,15,17). The molecule has 1 aromatic rings. The topological polar surface area (TPSA) is 72.6 Å². The van der Waals surface area contributed by atoms with E-state index in [0.717, 1.165) is 5.56 Å². The van der Waals surface area contributed by atoms with Gasteiger partial charge in [0.2, 0.25) is 5.91 Å². The van der Waals surface area contributed by atoms with Gasteiger partial charge in [-0.05, 0) is 32.4 Å². The molecule has 1 aromatic carbocycles. The summed E-state index contributed by atoms with van der Waals surface area (Å²) in [6, 6.07) is 6.69. The van der Waals surface area contributed by atoms with E-state index in [1.807, 2.05) is 18.2 Å². The molecular formula is C14H18N2O3. The lowest BCUT2D eigenvalue weighted by atomic mass is 10.1. The number of nitrogens with two attached hydrogens (primary N) is 1. The molecular weight excluding hydrogens is 244 g/mol. The molecule has 0 bridgehead atoms. The van der Waals surface area contributed by atoms with Gasteiger partial charge in [0, 0.05) is 6.42 Å². The Labute approximate surface area is 112 Å². The van der Waals surface area contributed by atoms with Crippen LogP contribution in [0, 0.1) is 0 Å². The molecule has 2 N–H and O–H groups in total. The van der Waals surface area contributed by atoms with E-state index in [-0.39, 0.29) is 0 Å². The second-order valence-corrected chi connectivity index (χ2v) is 5.60. The van der Waals surface area contributed by atoms with Crippen LogP contribution in [-0.2, 0) is 16.0 Å². The molecule has 0 radical (unpaired) electrons. The molecule has 1 atom stereocenters. The Morgan fingerprint density at radius 3 is 2.53 bits per heavy atom. The highest BCUT2D eigenvalue weighted by molar-refractivity contribution is 6.00. The number of anilines is 1. The molecule has 1 unspecified atom stereocenters. The monoisotopic (exact) mass is 262 g/mol. The summed E-state index contributed by atoms with van der Waals surface area (Å²) in [6.07, 6.45) is -0.105. The number of primary amides is 1. The lowest BCUT2D eigenvalue weighted by molar-refractivity contribution is -0.119. The summed E-state index contributed by atoms with van der Waals surface area (Å²) in [4.78, 5) is 25.1. The summed E-state index contributed by atoms with van der Waals surface area (Å²) in [7, 11) is 0. The molecule has 1 aliphatic heterocycles. The van der Waals surface area contributed by atoms with Crippen molar-refractivity contribution in [2.45, 2.75) is 38.8 Å². The zero-order valence-corrected chi connectivity index (χ0v) is 11.3. The van der Waals surface area contributed by atoms with Crippen LogP contribution in [0.3, 0.4) is 0 Å². The third-order valence-corrected chi connectivity index (χ3v) is 2.89. The van der Waals surface area contributed by atoms with E-state index in [2.05, 4.69) is 0 Å². The van der Waals surface area contributed by atoms with Crippen LogP contribution in [0.15, 0.2) is 24.3 Å². The first kappa shape index (κ1) is 13.4. The van der Waals surface area contributed by atoms with Crippen molar-refractivity contribution in [2.75, 3.05) is 4.90 Å². The van der Waals surface area contributed by atoms with Gasteiger partial charge in [-0.2, -0.15) is 0 Å². The Morgan fingerprint density at radius 2 is 1.95 bits per heavy atom. The van der Waals surface area contributed by atoms with Gasteiger partial charge >= 0.3 is 6.09 Å². The van der Waals surface area contributed by atoms with E-state index in [1.54, 1.807) is 26.8 Å². The molecule has 1 heterocycles. The first-order chi connectivity index (χ1) is 8.79. The van der Waals surface area contributed by atoms with Gasteiger partial charge in [0.1, 0.15) is 11.6 Å². The first-order valence-corrected chi connectivity index (χ1v) is 6.19. The summed E-state index contributed by atoms with van der Waals surface area (Å²) in [5.74, 6) is -0.526. The van der Waals surface area contributed by atoms with Gasteiger partial charge in [0.05, 0.1) is 5.69 Å². The minimum Gasteiger partial charge on any atom is -0.443 e. The predicted molar refractivity (Wildman–Crippen MR) is 71.8 cm³/mol. The maximum absolute atomic E-state index is 12.2. The fraction of sp³-hybridized carbons (Fsp3) is 0.429. The molecule has 1 aliphatic rings. The number of benzene rings is 1. The second-order valence-electron chi connectivity index (χ2n) is 5.60. The van der Waals surface area contributed by atoms with Gasteiger partial charge in [0.25, 0.3) is 0 Å². The molecule has 102 valence electrons. The quantitative estimate of drug-likeness (QED) is 0.839. The first-order valence-electron chi connectivity index (χ1n) is 6.19. The highest BCUT2D eigenvalue weighted by Gasteiger charge is 2.39. The van der Waals surface area contributed by atoms with Gasteiger partial charge in [-0.15, -0.1) is 0 Å². The van der Waals surface area contributed by atoms with Crippen LogP contribution in [0.4, 0.5) is 10.5 Å². The minimum atomic E-state index is -0.674. The number of nitrogens with zero attached hydrogens (tertiary/aromatic N) is 1. The summed E-state index contributed by atoms with van der Waals surface area (Å²) in [6.45, 7) is 5.35. The molecule has 0 aromatic heterocycles. The van der Waals surface area contributed by atoms with Gasteiger partial charge in [-0.1, -0.05) is 18.2 Å². The third kappa shape index (κ3) is 2.70. The zero-order valence-electron chi connectivity index (χ0n) is 11.3. The van der Waals surface area contributed by atoms with Crippen LogP contribution in [-0.4, -0.2) is 23.6 Å². The number of fused-ring (bicyclic) bond motifs is 1. The number of rotatable bonds is 1. The van der Waals surface area contributed by atoms with Crippen LogP contribution in [0.1, 0.15) is 26.3 Å². The molecule has 0 saturated carbocycles. The predicted octanol–water partition coefficient (Wildman–Crippen LogP) is 1.84. The summed E-state index contributed by atoms with van der Waals surface area (Å²) < 4.78 is 5.34. The molecule has 5 nitrogen and oxygen atoms in total. The van der Waals surface area contributed by atoms with E-state index >= 15 is 0 Å². The number of amides is 2. The molecule has 0 aliphatic carbocycles. The summed E-state index contributed by atoms with van der Waals surface area (Å²) in [5.41, 5.74) is 6.39. The van der Waals surface area contributed by atoms with Crippen LogP contribution < -0.4 is 10.6 Å². The molecule has 2 rings (SSSR count). The Balaban J connectivity index is 2.34. The Bertz CT molecular complexity index is 520. The van der Waals surface area contributed by atoms with Crippen LogP contribution in [0.25, 0.3) is 0 Å². The van der Waals surface area contributed by atoms with E-state index < -0.39 is 23.6 Å². The van der Waals surface area contributed by atoms with Gasteiger partial charge in [-0.25, -0.2) is 4.79 Å².